The Morgan fingerprint density at radius 2 is 1.92 bits per heavy atom. The van der Waals surface area contributed by atoms with Crippen LogP contribution in [0.3, 0.4) is 0 Å². The van der Waals surface area contributed by atoms with Crippen molar-refractivity contribution in [1.82, 2.24) is 34.8 Å². The number of thiazole rings is 1. The third kappa shape index (κ3) is 7.96. The summed E-state index contributed by atoms with van der Waals surface area (Å²) in [6, 6.07) is 9.83. The van der Waals surface area contributed by atoms with Gasteiger partial charge in [-0.25, -0.2) is 10.4 Å². The van der Waals surface area contributed by atoms with Gasteiger partial charge in [-0.1, -0.05) is 25.8 Å². The Kier molecular flexibility index (Phi) is 12.0. The van der Waals surface area contributed by atoms with E-state index >= 15 is 0 Å². The van der Waals surface area contributed by atoms with Gasteiger partial charge in [0.1, 0.15) is 22.7 Å². The highest BCUT2D eigenvalue weighted by molar-refractivity contribution is 8.10. The summed E-state index contributed by atoms with van der Waals surface area (Å²) in [6.45, 7) is 14.9. The molecule has 4 aromatic rings. The molecule has 1 spiro atoms. The zero-order chi connectivity index (χ0) is 46.1. The molecular formula is C50H59N7O7S2. The van der Waals surface area contributed by atoms with Gasteiger partial charge in [0.2, 0.25) is 0 Å². The molecule has 6 bridgehead atoms. The van der Waals surface area contributed by atoms with Crippen LogP contribution in [-0.4, -0.2) is 134 Å². The second-order valence-corrected chi connectivity index (χ2v) is 22.2. The molecule has 2 unspecified atom stereocenters. The van der Waals surface area contributed by atoms with E-state index in [0.29, 0.717) is 38.9 Å². The lowest BCUT2D eigenvalue weighted by atomic mass is 9.67. The number of carbonyl (C=O) groups is 4. The van der Waals surface area contributed by atoms with Crippen molar-refractivity contribution in [3.8, 4) is 34.4 Å². The minimum atomic E-state index is -1.09. The number of benzene rings is 1. The number of ketones is 1. The van der Waals surface area contributed by atoms with Gasteiger partial charge in [-0.3, -0.25) is 34.1 Å². The first kappa shape index (κ1) is 45.2. The van der Waals surface area contributed by atoms with Gasteiger partial charge in [0.05, 0.1) is 52.2 Å². The highest BCUT2D eigenvalue weighted by Crippen LogP contribution is 2.59. The quantitative estimate of drug-likeness (QED) is 0.122. The van der Waals surface area contributed by atoms with E-state index in [9.17, 15) is 19.2 Å². The average molecular weight is 934 g/mol. The van der Waals surface area contributed by atoms with Crippen molar-refractivity contribution in [2.45, 2.75) is 119 Å². The number of nitrogens with one attached hydrogen (secondary N) is 1. The molecule has 3 aromatic heterocycles. The minimum absolute atomic E-state index is 0.0659. The molecule has 4 saturated heterocycles. The number of esters is 1. The lowest BCUT2D eigenvalue weighted by Gasteiger charge is -2.42. The first-order chi connectivity index (χ1) is 31.7. The molecule has 1 aromatic carbocycles. The number of hydrogen-bond donors (Lipinski definition) is 1. The van der Waals surface area contributed by atoms with E-state index in [2.05, 4.69) is 71.8 Å². The van der Waals surface area contributed by atoms with Crippen LogP contribution in [-0.2, 0) is 46.4 Å². The van der Waals surface area contributed by atoms with Crippen molar-refractivity contribution in [3.63, 3.8) is 0 Å². The summed E-state index contributed by atoms with van der Waals surface area (Å²) in [7, 11) is 1.72. The molecule has 2 amide bonds. The van der Waals surface area contributed by atoms with E-state index in [4.69, 9.17) is 24.2 Å². The lowest BCUT2D eigenvalue weighted by molar-refractivity contribution is -0.156. The Morgan fingerprint density at radius 1 is 1.09 bits per heavy atom. The zero-order valence-electron chi connectivity index (χ0n) is 38.7. The van der Waals surface area contributed by atoms with Crippen LogP contribution in [0.2, 0.25) is 0 Å². The number of pyridine rings is 1. The monoisotopic (exact) mass is 933 g/mol. The standard InChI is InChI=1S/C50H59N7O7S2/c1-7-56-36-14-13-30-25-33(36)40-41(44(62-6)42-32(43(40)56)11-8-19-51-42)48(2,3)29-64-46(60)34-12-9-22-57(53-34)47(61)50(26-38-52-35(30)28-65-38)45(66-50)37(58)17-24-63-31-16-23-54(27-31)39(59)15-18-49(4,5)55-20-10-21-55/h8,11,13-14,19,25,28,31,34,41,44-45,53H,7,9-10,12,16-17,20-24,26-27,29H2,1-6H3/t31-,34+,41?,44+,45-,50?/m1/s1. The zero-order valence-corrected chi connectivity index (χ0v) is 40.3. The van der Waals surface area contributed by atoms with E-state index < -0.39 is 33.5 Å². The summed E-state index contributed by atoms with van der Waals surface area (Å²) in [4.78, 5) is 70.0. The molecule has 1 N–H and O–H groups in total. The van der Waals surface area contributed by atoms with Crippen LogP contribution in [0.5, 0.6) is 0 Å². The maximum Gasteiger partial charge on any atom is 0.324 e. The van der Waals surface area contributed by atoms with Crippen LogP contribution < -0.4 is 5.43 Å². The number of cyclic esters (lactones) is 1. The van der Waals surface area contributed by atoms with E-state index in [-0.39, 0.29) is 61.2 Å². The van der Waals surface area contributed by atoms with Gasteiger partial charge in [0, 0.05) is 104 Å². The van der Waals surface area contributed by atoms with Crippen LogP contribution in [0, 0.1) is 17.3 Å². The Morgan fingerprint density at radius 3 is 2.70 bits per heavy atom. The fourth-order valence-corrected chi connectivity index (χ4v) is 13.2. The Hall–Kier alpha value is -4.63. The number of Topliss-reactive ketones (excluding diaryl/α,β-unsaturated/α-hetero) is 1. The van der Waals surface area contributed by atoms with Crippen LogP contribution in [0.4, 0.5) is 0 Å². The number of fused-ring (bicyclic) bond motifs is 8. The van der Waals surface area contributed by atoms with Gasteiger partial charge in [-0.2, -0.15) is 0 Å². The van der Waals surface area contributed by atoms with Gasteiger partial charge in [0.25, 0.3) is 11.8 Å². The predicted octanol–water partition coefficient (Wildman–Crippen LogP) is 6.17. The molecule has 5 aliphatic heterocycles. The predicted molar refractivity (Wildman–Crippen MR) is 253 cm³/mol. The molecule has 0 saturated carbocycles. The molecule has 6 atom stereocenters. The van der Waals surface area contributed by atoms with Gasteiger partial charge in [-0.15, -0.1) is 23.1 Å². The SMILES string of the molecule is CCn1c2c3c4cc(ccc41)-c1csc(n1)CC1(S[C@@H]1C(=O)CCO[C@@H]1CCN(C(=O)C#CC(C)(C)N4CCC4)C1)C(=O)N1CCC[C@H](N1)C(=O)OCC(C)(C)C3[C@H](OC)c1ncccc1-2. The maximum atomic E-state index is 14.8. The van der Waals surface area contributed by atoms with E-state index in [0.717, 1.165) is 75.7 Å². The molecule has 0 radical (unpaired) electrons. The van der Waals surface area contributed by atoms with Crippen molar-refractivity contribution in [2.75, 3.05) is 53.0 Å². The molecule has 10 rings (SSSR count). The maximum absolute atomic E-state index is 14.8. The van der Waals surface area contributed by atoms with Crippen LogP contribution in [0.15, 0.2) is 41.9 Å². The fourth-order valence-electron chi connectivity index (χ4n) is 10.8. The van der Waals surface area contributed by atoms with Crippen molar-refractivity contribution in [1.29, 1.82) is 0 Å². The summed E-state index contributed by atoms with van der Waals surface area (Å²) < 4.78 is 20.0. The number of methoxy groups -OCH3 is 1. The van der Waals surface area contributed by atoms with Gasteiger partial charge >= 0.3 is 5.97 Å². The van der Waals surface area contributed by atoms with Crippen molar-refractivity contribution in [3.05, 3.63) is 58.2 Å². The number of ether oxygens (including phenoxy) is 3. The molecular weight excluding hydrogens is 875 g/mol. The van der Waals surface area contributed by atoms with Crippen LogP contribution in [0.25, 0.3) is 33.4 Å². The number of aromatic nitrogens is 3. The van der Waals surface area contributed by atoms with E-state index in [1.54, 1.807) is 12.0 Å². The summed E-state index contributed by atoms with van der Waals surface area (Å²) in [6.07, 6.45) is 4.54. The summed E-state index contributed by atoms with van der Waals surface area (Å²) in [5.74, 6) is 4.87. The van der Waals surface area contributed by atoms with Crippen LogP contribution in [0.1, 0.15) is 95.0 Å². The number of likely N-dealkylation sites (tertiary alicyclic amines) is 2. The number of hydrazine groups is 1. The topological polar surface area (TPSA) is 148 Å². The van der Waals surface area contributed by atoms with Gasteiger partial charge in [-0.05, 0) is 82.2 Å². The molecule has 4 fully saturated rings. The average Bonchev–Trinajstić information content (AvgIpc) is 3.58. The number of hydrogen-bond acceptors (Lipinski definition) is 13. The molecule has 6 aliphatic rings. The lowest BCUT2D eigenvalue weighted by Crippen LogP contribution is -2.59. The summed E-state index contributed by atoms with van der Waals surface area (Å²) in [5.41, 5.74) is 9.22. The van der Waals surface area contributed by atoms with Crippen LogP contribution >= 0.6 is 23.1 Å². The van der Waals surface area contributed by atoms with Crippen molar-refractivity contribution < 1.29 is 33.4 Å². The van der Waals surface area contributed by atoms with Crippen molar-refractivity contribution >= 4 is 57.6 Å². The number of carbonyl (C=O) groups excluding carboxylic acids is 4. The molecule has 14 nitrogen and oxygen atoms in total. The smallest absolute Gasteiger partial charge is 0.324 e. The normalized spacial score (nSPS) is 27.2. The van der Waals surface area contributed by atoms with Crippen molar-refractivity contribution in [2.24, 2.45) is 5.41 Å². The van der Waals surface area contributed by atoms with E-state index in [1.165, 1.54) is 28.1 Å². The summed E-state index contributed by atoms with van der Waals surface area (Å²) in [5, 5.41) is 4.81. The minimum Gasteiger partial charge on any atom is -0.464 e. The third-order valence-corrected chi connectivity index (χ3v) is 17.1. The van der Waals surface area contributed by atoms with Gasteiger partial charge in [0.15, 0.2) is 0 Å². The molecule has 8 heterocycles. The number of aryl methyl sites for hydroxylation is 1. The number of amides is 2. The van der Waals surface area contributed by atoms with Gasteiger partial charge < -0.3 is 23.7 Å². The van der Waals surface area contributed by atoms with E-state index in [1.807, 2.05) is 31.5 Å². The Balaban J connectivity index is 0.919. The number of rotatable bonds is 8. The highest BCUT2D eigenvalue weighted by Gasteiger charge is 2.66. The molecule has 348 valence electrons. The fraction of sp³-hybridized carbons (Fsp3) is 0.560. The first-order valence-corrected chi connectivity index (χ1v) is 25.2. The Bertz CT molecular complexity index is 2660. The molecule has 66 heavy (non-hydrogen) atoms. The second-order valence-electron chi connectivity index (χ2n) is 19.8. The molecule has 16 heteroatoms. The Labute approximate surface area is 394 Å². The summed E-state index contributed by atoms with van der Waals surface area (Å²) >= 11 is 2.86. The molecule has 1 aliphatic carbocycles. The number of nitrogens with zero attached hydrogens (tertiary/aromatic N) is 6. The second kappa shape index (κ2) is 17.5. The highest BCUT2D eigenvalue weighted by atomic mass is 32.2. The third-order valence-electron chi connectivity index (χ3n) is 14.7. The first-order valence-electron chi connectivity index (χ1n) is 23.5. The largest absolute Gasteiger partial charge is 0.464 e. The number of thioether (sulfide) groups is 1.